The molecule has 2 aromatic carbocycles. The van der Waals surface area contributed by atoms with Crippen molar-refractivity contribution in [3.05, 3.63) is 47.5 Å². The van der Waals surface area contributed by atoms with E-state index < -0.39 is 22.1 Å². The van der Waals surface area contributed by atoms with Crippen LogP contribution in [0.4, 0.5) is 24.5 Å². The molecule has 0 fully saturated rings. The number of alkyl halides is 3. The smallest absolute Gasteiger partial charge is 0.471 e. The zero-order valence-electron chi connectivity index (χ0n) is 16.1. The van der Waals surface area contributed by atoms with Crippen LogP contribution in [-0.4, -0.2) is 45.0 Å². The number of sulfonamides is 1. The fraction of sp³-hybridized carbons (Fsp3) is 0.263. The first-order valence-electron chi connectivity index (χ1n) is 9.00. The number of benzene rings is 2. The lowest BCUT2D eigenvalue weighted by Gasteiger charge is -2.27. The van der Waals surface area contributed by atoms with E-state index in [0.29, 0.717) is 21.7 Å². The van der Waals surface area contributed by atoms with E-state index in [1.807, 2.05) is 0 Å². The first-order chi connectivity index (χ1) is 14.5. The Labute approximate surface area is 175 Å². The highest BCUT2D eigenvalue weighted by Crippen LogP contribution is 2.39. The molecule has 164 valence electrons. The molecular formula is C19H16F3N3O5S. The summed E-state index contributed by atoms with van der Waals surface area (Å²) in [5.41, 5.74) is 1.27. The average Bonchev–Trinajstić information content (AvgIpc) is 3.12. The number of hydrogen-bond acceptors (Lipinski definition) is 5. The number of hydrogen-bond donors (Lipinski definition) is 1. The minimum atomic E-state index is -5.00. The number of nitrogens with one attached hydrogen (secondary N) is 1. The van der Waals surface area contributed by atoms with E-state index in [2.05, 4.69) is 4.72 Å². The Balaban J connectivity index is 1.60. The van der Waals surface area contributed by atoms with Gasteiger partial charge in [0.2, 0.25) is 0 Å². The van der Waals surface area contributed by atoms with Gasteiger partial charge in [0.15, 0.2) is 12.4 Å². The van der Waals surface area contributed by atoms with E-state index in [9.17, 15) is 31.2 Å². The maximum atomic E-state index is 12.9. The van der Waals surface area contributed by atoms with Crippen molar-refractivity contribution in [2.75, 3.05) is 23.3 Å². The molecule has 2 aliphatic rings. The maximum Gasteiger partial charge on any atom is 0.471 e. The van der Waals surface area contributed by atoms with E-state index in [1.54, 1.807) is 12.1 Å². The number of anilines is 2. The minimum absolute atomic E-state index is 0.117. The molecule has 2 heterocycles. The number of ether oxygens (including phenoxy) is 1. The zero-order chi connectivity index (χ0) is 22.6. The lowest BCUT2D eigenvalue weighted by molar-refractivity contribution is -0.186. The van der Waals surface area contributed by atoms with Gasteiger partial charge in [-0.2, -0.15) is 13.2 Å². The summed E-state index contributed by atoms with van der Waals surface area (Å²) in [6.45, 7) is -0.834. The Hall–Kier alpha value is -3.28. The number of amides is 2. The Morgan fingerprint density at radius 1 is 1.13 bits per heavy atom. The second kappa shape index (κ2) is 7.15. The molecule has 0 radical (unpaired) electrons. The predicted octanol–water partition coefficient (Wildman–Crippen LogP) is 2.25. The van der Waals surface area contributed by atoms with Gasteiger partial charge in [-0.1, -0.05) is 12.1 Å². The molecule has 0 atom stereocenters. The molecule has 2 amide bonds. The summed E-state index contributed by atoms with van der Waals surface area (Å²) in [6.07, 6.45) is -5.00. The number of rotatable bonds is 3. The lowest BCUT2D eigenvalue weighted by Crippen LogP contribution is -2.37. The van der Waals surface area contributed by atoms with Crippen molar-refractivity contribution in [3.8, 4) is 5.75 Å². The van der Waals surface area contributed by atoms with Crippen molar-refractivity contribution in [1.29, 1.82) is 0 Å². The minimum Gasteiger partial charge on any atom is -0.479 e. The molecule has 0 saturated heterocycles. The number of carbonyl (C=O) groups is 2. The number of carbonyl (C=O) groups excluding carboxylic acids is 2. The molecule has 0 saturated carbocycles. The van der Waals surface area contributed by atoms with Crippen LogP contribution >= 0.6 is 0 Å². The SMILES string of the molecule is CN1C(=O)COc2c(NS(=O)(=O)c3ccc4c(c3)CN(C(=O)C(F)(F)F)C4)cccc21. The fourth-order valence-electron chi connectivity index (χ4n) is 3.45. The van der Waals surface area contributed by atoms with Crippen LogP contribution in [0.1, 0.15) is 11.1 Å². The van der Waals surface area contributed by atoms with Crippen molar-refractivity contribution in [2.45, 2.75) is 24.2 Å². The lowest BCUT2D eigenvalue weighted by atomic mass is 10.1. The Kier molecular flexibility index (Phi) is 4.84. The number of nitrogens with zero attached hydrogens (tertiary/aromatic N) is 2. The number of halogens is 3. The van der Waals surface area contributed by atoms with Gasteiger partial charge in [0.1, 0.15) is 0 Å². The molecule has 8 nitrogen and oxygen atoms in total. The standard InChI is InChI=1S/C19H16F3N3O5S/c1-24-15-4-2-3-14(17(15)30-10-16(24)26)23-31(28,29)13-6-5-11-8-25(9-12(11)7-13)18(27)19(20,21)22/h2-7,23H,8-10H2,1H3. The van der Waals surface area contributed by atoms with Crippen LogP contribution in [0.2, 0.25) is 0 Å². The molecule has 2 aromatic rings. The van der Waals surface area contributed by atoms with Gasteiger partial charge in [0.05, 0.1) is 16.3 Å². The molecule has 1 N–H and O–H groups in total. The van der Waals surface area contributed by atoms with Gasteiger partial charge in [-0.3, -0.25) is 14.3 Å². The number of fused-ring (bicyclic) bond motifs is 2. The summed E-state index contributed by atoms with van der Waals surface area (Å²) in [5, 5.41) is 0. The van der Waals surface area contributed by atoms with Gasteiger partial charge in [-0.15, -0.1) is 0 Å². The molecule has 4 rings (SSSR count). The van der Waals surface area contributed by atoms with Gasteiger partial charge in [0.25, 0.3) is 15.9 Å². The summed E-state index contributed by atoms with van der Waals surface area (Å²) in [7, 11) is -2.59. The zero-order valence-corrected chi connectivity index (χ0v) is 16.9. The van der Waals surface area contributed by atoms with Crippen LogP contribution in [0, 0.1) is 0 Å². The summed E-state index contributed by atoms with van der Waals surface area (Å²) in [4.78, 5) is 25.0. The second-order valence-electron chi connectivity index (χ2n) is 7.09. The van der Waals surface area contributed by atoms with Crippen molar-refractivity contribution >= 4 is 33.2 Å². The van der Waals surface area contributed by atoms with E-state index in [0.717, 1.165) is 0 Å². The highest BCUT2D eigenvalue weighted by atomic mass is 32.2. The molecule has 12 heteroatoms. The normalized spacial score (nSPS) is 15.9. The fourth-order valence-corrected chi connectivity index (χ4v) is 4.56. The van der Waals surface area contributed by atoms with Crippen LogP contribution in [0.3, 0.4) is 0 Å². The summed E-state index contributed by atoms with van der Waals surface area (Å²) in [6, 6.07) is 8.51. The van der Waals surface area contributed by atoms with Crippen molar-refractivity contribution in [3.63, 3.8) is 0 Å². The summed E-state index contributed by atoms with van der Waals surface area (Å²) < 4.78 is 71.7. The molecule has 0 spiro atoms. The molecular weight excluding hydrogens is 439 g/mol. The Bertz CT molecular complexity index is 1200. The van der Waals surface area contributed by atoms with E-state index in [4.69, 9.17) is 4.74 Å². The molecule has 2 aliphatic heterocycles. The van der Waals surface area contributed by atoms with Crippen LogP contribution < -0.4 is 14.4 Å². The van der Waals surface area contributed by atoms with Gasteiger partial charge in [-0.05, 0) is 35.4 Å². The average molecular weight is 455 g/mol. The molecule has 0 bridgehead atoms. The van der Waals surface area contributed by atoms with E-state index >= 15 is 0 Å². The molecule has 0 unspecified atom stereocenters. The third-order valence-corrected chi connectivity index (χ3v) is 6.42. The largest absolute Gasteiger partial charge is 0.479 e. The van der Waals surface area contributed by atoms with Crippen LogP contribution in [0.5, 0.6) is 5.75 Å². The Morgan fingerprint density at radius 2 is 1.84 bits per heavy atom. The first kappa shape index (κ1) is 21.0. The number of likely N-dealkylation sites (N-methyl/N-ethyl adjacent to an activating group) is 1. The second-order valence-corrected chi connectivity index (χ2v) is 8.77. The summed E-state index contributed by atoms with van der Waals surface area (Å²) in [5.74, 6) is -2.07. The van der Waals surface area contributed by atoms with E-state index in [1.165, 1.54) is 36.2 Å². The topological polar surface area (TPSA) is 96.0 Å². The van der Waals surface area contributed by atoms with Gasteiger partial charge in [0, 0.05) is 20.1 Å². The van der Waals surface area contributed by atoms with Gasteiger partial charge in [-0.25, -0.2) is 8.42 Å². The third-order valence-electron chi connectivity index (χ3n) is 5.05. The number of para-hydroxylation sites is 1. The molecule has 0 aromatic heterocycles. The maximum absolute atomic E-state index is 12.9. The highest BCUT2D eigenvalue weighted by Gasteiger charge is 2.44. The third kappa shape index (κ3) is 3.78. The quantitative estimate of drug-likeness (QED) is 0.766. The Morgan fingerprint density at radius 3 is 2.55 bits per heavy atom. The predicted molar refractivity (Wildman–Crippen MR) is 103 cm³/mol. The first-order valence-corrected chi connectivity index (χ1v) is 10.5. The van der Waals surface area contributed by atoms with E-state index in [-0.39, 0.29) is 41.9 Å². The van der Waals surface area contributed by atoms with Crippen molar-refractivity contribution in [1.82, 2.24) is 4.90 Å². The van der Waals surface area contributed by atoms with Crippen LogP contribution in [-0.2, 0) is 32.7 Å². The van der Waals surface area contributed by atoms with Crippen LogP contribution in [0.15, 0.2) is 41.3 Å². The van der Waals surface area contributed by atoms with Gasteiger partial charge >= 0.3 is 12.1 Å². The van der Waals surface area contributed by atoms with Crippen molar-refractivity contribution in [2.24, 2.45) is 0 Å². The monoisotopic (exact) mass is 455 g/mol. The summed E-state index contributed by atoms with van der Waals surface area (Å²) >= 11 is 0. The molecule has 0 aliphatic carbocycles. The van der Waals surface area contributed by atoms with Crippen LogP contribution in [0.25, 0.3) is 0 Å². The molecule has 31 heavy (non-hydrogen) atoms. The van der Waals surface area contributed by atoms with Crippen molar-refractivity contribution < 1.29 is 35.9 Å². The highest BCUT2D eigenvalue weighted by molar-refractivity contribution is 7.92. The van der Waals surface area contributed by atoms with Gasteiger partial charge < -0.3 is 14.5 Å².